The molecule has 5 heteroatoms. The number of nitrogens with zero attached hydrogens (tertiary/aromatic N) is 2. The molecule has 5 nitrogen and oxygen atoms in total. The van der Waals surface area contributed by atoms with Crippen LogP contribution in [-0.4, -0.2) is 29.1 Å². The van der Waals surface area contributed by atoms with Crippen molar-refractivity contribution in [3.05, 3.63) is 59.9 Å². The Hall–Kier alpha value is -2.66. The molecule has 4 rings (SSSR count). The number of hydrogen-bond donors (Lipinski definition) is 1. The highest BCUT2D eigenvalue weighted by atomic mass is 16.5. The smallest absolute Gasteiger partial charge is 0.228 e. The summed E-state index contributed by atoms with van der Waals surface area (Å²) in [4.78, 5) is 14.8. The molecule has 0 bridgehead atoms. The van der Waals surface area contributed by atoms with Crippen molar-refractivity contribution in [1.29, 1.82) is 0 Å². The Balaban J connectivity index is 1.35. The summed E-state index contributed by atoms with van der Waals surface area (Å²) < 4.78 is 5.00. The second-order valence-corrected chi connectivity index (χ2v) is 7.00. The zero-order chi connectivity index (χ0) is 17.9. The number of piperidine rings is 1. The van der Waals surface area contributed by atoms with Crippen molar-refractivity contribution >= 4 is 22.5 Å². The predicted octanol–water partition coefficient (Wildman–Crippen LogP) is 3.99. The fraction of sp³-hybridized carbons (Fsp3) is 0.333. The molecule has 1 saturated heterocycles. The highest BCUT2D eigenvalue weighted by molar-refractivity contribution is 5.91. The third kappa shape index (κ3) is 3.63. The average molecular weight is 349 g/mol. The van der Waals surface area contributed by atoms with Crippen LogP contribution in [0.15, 0.2) is 53.1 Å². The lowest BCUT2D eigenvalue weighted by Gasteiger charge is -2.31. The van der Waals surface area contributed by atoms with E-state index in [4.69, 9.17) is 4.52 Å². The van der Waals surface area contributed by atoms with Gasteiger partial charge in [-0.3, -0.25) is 9.69 Å². The quantitative estimate of drug-likeness (QED) is 0.774. The maximum absolute atomic E-state index is 12.4. The molecule has 1 N–H and O–H groups in total. The van der Waals surface area contributed by atoms with E-state index in [-0.39, 0.29) is 11.8 Å². The lowest BCUT2D eigenvalue weighted by molar-refractivity contribution is -0.121. The van der Waals surface area contributed by atoms with Crippen LogP contribution >= 0.6 is 0 Å². The summed E-state index contributed by atoms with van der Waals surface area (Å²) in [7, 11) is 0. The first kappa shape index (κ1) is 16.8. The van der Waals surface area contributed by atoms with Gasteiger partial charge in [-0.25, -0.2) is 0 Å². The third-order valence-electron chi connectivity index (χ3n) is 5.11. The predicted molar refractivity (Wildman–Crippen MR) is 102 cm³/mol. The van der Waals surface area contributed by atoms with E-state index >= 15 is 0 Å². The number of carbonyl (C=O) groups is 1. The van der Waals surface area contributed by atoms with Gasteiger partial charge < -0.3 is 9.84 Å². The van der Waals surface area contributed by atoms with Crippen LogP contribution in [0.3, 0.4) is 0 Å². The zero-order valence-electron chi connectivity index (χ0n) is 14.9. The first-order valence-electron chi connectivity index (χ1n) is 9.12. The molecule has 0 aliphatic carbocycles. The number of anilines is 1. The molecule has 1 fully saturated rings. The molecule has 2 heterocycles. The van der Waals surface area contributed by atoms with Crippen molar-refractivity contribution < 1.29 is 9.32 Å². The van der Waals surface area contributed by atoms with E-state index in [9.17, 15) is 4.79 Å². The van der Waals surface area contributed by atoms with Crippen LogP contribution in [0.1, 0.15) is 24.2 Å². The number of amides is 1. The summed E-state index contributed by atoms with van der Waals surface area (Å²) in [5, 5.41) is 9.29. The highest BCUT2D eigenvalue weighted by Gasteiger charge is 2.25. The summed E-state index contributed by atoms with van der Waals surface area (Å²) in [6.45, 7) is 4.60. The van der Waals surface area contributed by atoms with Crippen molar-refractivity contribution in [3.8, 4) is 0 Å². The van der Waals surface area contributed by atoms with Gasteiger partial charge in [0.2, 0.25) is 5.91 Å². The van der Waals surface area contributed by atoms with Crippen molar-refractivity contribution in [2.45, 2.75) is 26.3 Å². The van der Waals surface area contributed by atoms with Gasteiger partial charge in [-0.2, -0.15) is 0 Å². The maximum atomic E-state index is 12.4. The molecule has 1 aromatic heterocycles. The van der Waals surface area contributed by atoms with Gasteiger partial charge in [-0.05, 0) is 49.2 Å². The molecular weight excluding hydrogens is 326 g/mol. The summed E-state index contributed by atoms with van der Waals surface area (Å²) >= 11 is 0. The van der Waals surface area contributed by atoms with Crippen molar-refractivity contribution in [3.63, 3.8) is 0 Å². The number of hydrogen-bond acceptors (Lipinski definition) is 4. The van der Waals surface area contributed by atoms with E-state index in [2.05, 4.69) is 57.8 Å². The van der Waals surface area contributed by atoms with E-state index in [1.807, 2.05) is 6.92 Å². The van der Waals surface area contributed by atoms with Gasteiger partial charge in [0, 0.05) is 18.5 Å². The summed E-state index contributed by atoms with van der Waals surface area (Å²) in [5.41, 5.74) is 1.35. The molecular formula is C21H23N3O2. The van der Waals surface area contributed by atoms with Gasteiger partial charge in [0.05, 0.1) is 0 Å². The number of fused-ring (bicyclic) bond motifs is 1. The molecule has 2 aromatic carbocycles. The molecule has 3 aromatic rings. The van der Waals surface area contributed by atoms with E-state index in [1.54, 1.807) is 6.07 Å². The van der Waals surface area contributed by atoms with Crippen LogP contribution in [0.25, 0.3) is 10.8 Å². The molecule has 0 atom stereocenters. The second kappa shape index (κ2) is 7.30. The fourth-order valence-corrected chi connectivity index (χ4v) is 3.68. The summed E-state index contributed by atoms with van der Waals surface area (Å²) in [5.74, 6) is 1.29. The largest absolute Gasteiger partial charge is 0.360 e. The topological polar surface area (TPSA) is 58.4 Å². The highest BCUT2D eigenvalue weighted by Crippen LogP contribution is 2.24. The average Bonchev–Trinajstić information content (AvgIpc) is 3.07. The van der Waals surface area contributed by atoms with Crippen LogP contribution in [0.2, 0.25) is 0 Å². The molecule has 1 aliphatic rings. The molecule has 1 aliphatic heterocycles. The standard InChI is InChI=1S/C21H23N3O2/c1-15-13-20(23-26-15)22-21(25)17-9-11-24(12-10-17)14-18-7-4-6-16-5-2-3-8-19(16)18/h2-8,13,17H,9-12,14H2,1H3,(H,22,23,25). The Kier molecular flexibility index (Phi) is 4.71. The lowest BCUT2D eigenvalue weighted by atomic mass is 9.95. The number of carbonyl (C=O) groups excluding carboxylic acids is 1. The Labute approximate surface area is 153 Å². The van der Waals surface area contributed by atoms with E-state index in [0.29, 0.717) is 11.6 Å². The summed E-state index contributed by atoms with van der Waals surface area (Å²) in [6, 6.07) is 16.7. The molecule has 26 heavy (non-hydrogen) atoms. The number of rotatable bonds is 4. The molecule has 1 amide bonds. The Morgan fingerprint density at radius 1 is 1.19 bits per heavy atom. The van der Waals surface area contributed by atoms with Crippen LogP contribution in [0.4, 0.5) is 5.82 Å². The van der Waals surface area contributed by atoms with Gasteiger partial charge in [-0.1, -0.05) is 47.6 Å². The first-order chi connectivity index (χ1) is 12.7. The Morgan fingerprint density at radius 3 is 2.73 bits per heavy atom. The number of benzene rings is 2. The second-order valence-electron chi connectivity index (χ2n) is 7.00. The van der Waals surface area contributed by atoms with E-state index in [1.165, 1.54) is 16.3 Å². The number of aromatic nitrogens is 1. The minimum absolute atomic E-state index is 0.0378. The van der Waals surface area contributed by atoms with E-state index < -0.39 is 0 Å². The van der Waals surface area contributed by atoms with Crippen LogP contribution < -0.4 is 5.32 Å². The normalized spacial score (nSPS) is 16.0. The molecule has 0 spiro atoms. The van der Waals surface area contributed by atoms with Crippen molar-refractivity contribution in [2.24, 2.45) is 5.92 Å². The molecule has 134 valence electrons. The maximum Gasteiger partial charge on any atom is 0.228 e. The van der Waals surface area contributed by atoms with Crippen molar-refractivity contribution in [2.75, 3.05) is 18.4 Å². The van der Waals surface area contributed by atoms with Gasteiger partial charge in [0.15, 0.2) is 5.82 Å². The number of likely N-dealkylation sites (tertiary alicyclic amines) is 1. The molecule has 0 radical (unpaired) electrons. The van der Waals surface area contributed by atoms with E-state index in [0.717, 1.165) is 32.5 Å². The Bertz CT molecular complexity index is 905. The lowest BCUT2D eigenvalue weighted by Crippen LogP contribution is -2.37. The fourth-order valence-electron chi connectivity index (χ4n) is 3.68. The monoisotopic (exact) mass is 349 g/mol. The van der Waals surface area contributed by atoms with Crippen molar-refractivity contribution in [1.82, 2.24) is 10.1 Å². The van der Waals surface area contributed by atoms with Crippen LogP contribution in [-0.2, 0) is 11.3 Å². The SMILES string of the molecule is Cc1cc(NC(=O)C2CCN(Cc3cccc4ccccc34)CC2)no1. The minimum atomic E-state index is 0.0378. The molecule has 0 unspecified atom stereocenters. The minimum Gasteiger partial charge on any atom is -0.360 e. The number of aryl methyl sites for hydroxylation is 1. The molecule has 0 saturated carbocycles. The summed E-state index contributed by atoms with van der Waals surface area (Å²) in [6.07, 6.45) is 1.74. The third-order valence-corrected chi connectivity index (χ3v) is 5.11. The Morgan fingerprint density at radius 2 is 1.96 bits per heavy atom. The van der Waals surface area contributed by atoms with Crippen LogP contribution in [0.5, 0.6) is 0 Å². The first-order valence-corrected chi connectivity index (χ1v) is 9.12. The van der Waals surface area contributed by atoms with Crippen LogP contribution in [0, 0.1) is 12.8 Å². The van der Waals surface area contributed by atoms with Gasteiger partial charge in [-0.15, -0.1) is 0 Å². The van der Waals surface area contributed by atoms with Gasteiger partial charge in [0.1, 0.15) is 5.76 Å². The van der Waals surface area contributed by atoms with Gasteiger partial charge >= 0.3 is 0 Å². The van der Waals surface area contributed by atoms with Gasteiger partial charge in [0.25, 0.3) is 0 Å². The zero-order valence-corrected chi connectivity index (χ0v) is 14.9. The number of nitrogens with one attached hydrogen (secondary N) is 1.